The van der Waals surface area contributed by atoms with Gasteiger partial charge in [-0.3, -0.25) is 10.3 Å². The summed E-state index contributed by atoms with van der Waals surface area (Å²) in [4.78, 5) is 0. The van der Waals surface area contributed by atoms with E-state index in [9.17, 15) is 0 Å². The fraction of sp³-hybridized carbons (Fsp3) is 0.400. The van der Waals surface area contributed by atoms with Crippen LogP contribution in [0, 0.1) is 61.5 Å². The van der Waals surface area contributed by atoms with E-state index in [2.05, 4.69) is 75.2 Å². The van der Waals surface area contributed by atoms with Crippen LogP contribution in [0.4, 0.5) is 0 Å². The Morgan fingerprint density at radius 2 is 1.17 bits per heavy atom. The van der Waals surface area contributed by atoms with Crippen molar-refractivity contribution in [3.63, 3.8) is 0 Å². The van der Waals surface area contributed by atoms with E-state index in [-0.39, 0.29) is 21.1 Å². The second-order valence-corrected chi connectivity index (χ2v) is 4.05. The van der Waals surface area contributed by atoms with Crippen molar-refractivity contribution in [2.24, 2.45) is 0 Å². The number of tetrazole rings is 1. The van der Waals surface area contributed by atoms with E-state index in [4.69, 9.17) is 14.0 Å². The standard InChI is InChI=1S/C10H15.C2H3N4.3CO.W/c1-6-7(2)9(4)10(5)8(6)3;1-2-3-5-6-4-2;3*1-2;/h1-5H3;1H3;;;;/q2*-1;;;;+2. The maximum absolute atomic E-state index is 7.50. The minimum atomic E-state index is 0. The molecule has 0 amide bonds. The first kappa shape index (κ1) is 29.4. The molecule has 0 spiro atoms. The molecule has 0 fully saturated rings. The van der Waals surface area contributed by atoms with Crippen LogP contribution in [0.5, 0.6) is 0 Å². The molecule has 2 rings (SSSR count). The second kappa shape index (κ2) is 18.4. The van der Waals surface area contributed by atoms with Gasteiger partial charge in [0.25, 0.3) is 0 Å². The number of rotatable bonds is 0. The maximum atomic E-state index is 7.50. The van der Waals surface area contributed by atoms with Crippen molar-refractivity contribution in [1.82, 2.24) is 20.6 Å². The Morgan fingerprint density at radius 1 is 0.826 bits per heavy atom. The normalized spacial score (nSPS) is 7.13. The molecule has 0 saturated carbocycles. The van der Waals surface area contributed by atoms with Gasteiger partial charge in [-0.15, -0.1) is 0 Å². The van der Waals surface area contributed by atoms with E-state index in [0.717, 1.165) is 0 Å². The average molecular weight is 486 g/mol. The first-order valence-corrected chi connectivity index (χ1v) is 5.91. The molecular weight excluding hydrogens is 468 g/mol. The summed E-state index contributed by atoms with van der Waals surface area (Å²) < 4.78 is 22.5. The number of hydrogen-bond acceptors (Lipinski definition) is 3. The molecule has 7 nitrogen and oxygen atoms in total. The molecule has 0 aliphatic rings. The van der Waals surface area contributed by atoms with Crippen LogP contribution in [0.1, 0.15) is 33.6 Å². The van der Waals surface area contributed by atoms with Gasteiger partial charge in [0.1, 0.15) is 0 Å². The van der Waals surface area contributed by atoms with Crippen molar-refractivity contribution in [2.45, 2.75) is 41.5 Å². The molecule has 2 aromatic rings. The summed E-state index contributed by atoms with van der Waals surface area (Å²) >= 11 is 0. The Kier molecular flexibility index (Phi) is 23.5. The van der Waals surface area contributed by atoms with Crippen LogP contribution < -0.4 is 5.10 Å². The zero-order valence-electron chi connectivity index (χ0n) is 13.9. The number of aromatic nitrogens is 4. The fourth-order valence-corrected chi connectivity index (χ4v) is 1.60. The molecule has 0 radical (unpaired) electrons. The monoisotopic (exact) mass is 486 g/mol. The van der Waals surface area contributed by atoms with Crippen LogP contribution >= 0.6 is 0 Å². The first-order valence-electron chi connectivity index (χ1n) is 5.91. The Morgan fingerprint density at radius 3 is 1.26 bits per heavy atom. The summed E-state index contributed by atoms with van der Waals surface area (Å²) in [6.07, 6.45) is 0. The number of nitrogens with zero attached hydrogens (tertiary/aromatic N) is 4. The third-order valence-electron chi connectivity index (χ3n) is 3.23. The average Bonchev–Trinajstić information content (AvgIpc) is 3.13. The predicted octanol–water partition coefficient (Wildman–Crippen LogP) is 1.97. The van der Waals surface area contributed by atoms with E-state index in [1.807, 2.05) is 0 Å². The van der Waals surface area contributed by atoms with E-state index in [1.54, 1.807) is 6.92 Å². The summed E-state index contributed by atoms with van der Waals surface area (Å²) in [5.41, 5.74) is 7.34. The van der Waals surface area contributed by atoms with Crippen LogP contribution in [-0.4, -0.2) is 15.5 Å². The largest absolute Gasteiger partial charge is 2.00 e. The molecule has 23 heavy (non-hydrogen) atoms. The SMILES string of the molecule is Cc1c(C)c(C)[c-](C)c1C.Cc1nnn[n-]1.[C-]#[O+].[C-]#[O+].[C-]#[O+].[W+2]. The van der Waals surface area contributed by atoms with Crippen molar-refractivity contribution in [3.05, 3.63) is 53.6 Å². The Balaban J connectivity index is -0.000000120. The minimum Gasteiger partial charge on any atom is 2.00 e. The molecule has 0 aliphatic heterocycles. The van der Waals surface area contributed by atoms with Gasteiger partial charge in [0.05, 0.1) is 0 Å². The van der Waals surface area contributed by atoms with Crippen LogP contribution in [-0.2, 0) is 35.0 Å². The van der Waals surface area contributed by atoms with Crippen LogP contribution in [0.2, 0.25) is 0 Å². The van der Waals surface area contributed by atoms with Crippen molar-refractivity contribution < 1.29 is 35.0 Å². The van der Waals surface area contributed by atoms with Crippen LogP contribution in [0.25, 0.3) is 0 Å². The van der Waals surface area contributed by atoms with Crippen molar-refractivity contribution in [1.29, 1.82) is 0 Å². The van der Waals surface area contributed by atoms with Gasteiger partial charge in [-0.1, -0.05) is 34.6 Å². The van der Waals surface area contributed by atoms with Gasteiger partial charge in [-0.05, 0) is 6.92 Å². The summed E-state index contributed by atoms with van der Waals surface area (Å²) in [6, 6.07) is 0. The van der Waals surface area contributed by atoms with Gasteiger partial charge in [-0.2, -0.15) is 33.0 Å². The molecule has 8 heteroatoms. The molecule has 1 heterocycles. The molecule has 0 saturated heterocycles. The molecule has 1 aromatic heterocycles. The zero-order valence-corrected chi connectivity index (χ0v) is 16.9. The molecule has 0 N–H and O–H groups in total. The molecule has 122 valence electrons. The van der Waals surface area contributed by atoms with Gasteiger partial charge in [0, 0.05) is 5.82 Å². The Hall–Kier alpha value is -1.67. The quantitative estimate of drug-likeness (QED) is 0.419. The molecule has 1 aromatic carbocycles. The maximum Gasteiger partial charge on any atom is 2.00 e. The topological polar surface area (TPSA) is 112 Å². The van der Waals surface area contributed by atoms with Gasteiger partial charge < -0.3 is 5.10 Å². The van der Waals surface area contributed by atoms with Crippen molar-refractivity contribution in [3.8, 4) is 0 Å². The number of hydrogen-bond donors (Lipinski definition) is 0. The summed E-state index contributed by atoms with van der Waals surface area (Å²) in [7, 11) is 0. The second-order valence-electron chi connectivity index (χ2n) is 4.05. The minimum absolute atomic E-state index is 0. The van der Waals surface area contributed by atoms with E-state index >= 15 is 0 Å². The van der Waals surface area contributed by atoms with Gasteiger partial charge in [0.15, 0.2) is 0 Å². The van der Waals surface area contributed by atoms with E-state index < -0.39 is 0 Å². The Bertz CT molecular complexity index is 490. The smallest absolute Gasteiger partial charge is 2.00 e. The Labute approximate surface area is 151 Å². The first-order chi connectivity index (χ1) is 10.4. The van der Waals surface area contributed by atoms with Gasteiger partial charge in [-0.25, -0.2) is 0 Å². The van der Waals surface area contributed by atoms with Crippen LogP contribution in [0.15, 0.2) is 0 Å². The van der Waals surface area contributed by atoms with E-state index in [1.165, 1.54) is 27.8 Å². The van der Waals surface area contributed by atoms with Crippen molar-refractivity contribution in [2.75, 3.05) is 0 Å². The third-order valence-corrected chi connectivity index (χ3v) is 3.23. The van der Waals surface area contributed by atoms with Gasteiger partial charge >= 0.3 is 55.0 Å². The molecule has 0 atom stereocenters. The van der Waals surface area contributed by atoms with Crippen LogP contribution in [0.3, 0.4) is 0 Å². The zero-order chi connectivity index (χ0) is 18.3. The van der Waals surface area contributed by atoms with E-state index in [0.29, 0.717) is 5.82 Å². The van der Waals surface area contributed by atoms with Crippen molar-refractivity contribution >= 4 is 0 Å². The third kappa shape index (κ3) is 10.6. The fourth-order valence-electron chi connectivity index (χ4n) is 1.60. The molecule has 0 unspecified atom stereocenters. The van der Waals surface area contributed by atoms with Gasteiger partial charge in [0.2, 0.25) is 0 Å². The predicted molar refractivity (Wildman–Crippen MR) is 75.4 cm³/mol. The summed E-state index contributed by atoms with van der Waals surface area (Å²) in [5.74, 6) is 0.620. The molecular formula is C15H18N4O3W. The molecule has 0 bridgehead atoms. The number of aryl methyl sites for hydroxylation is 1. The molecule has 0 aliphatic carbocycles. The summed E-state index contributed by atoms with van der Waals surface area (Å²) in [6.45, 7) is 26.2. The summed E-state index contributed by atoms with van der Waals surface area (Å²) in [5, 5.41) is 13.3.